The Morgan fingerprint density at radius 2 is 1.52 bits per heavy atom. The second kappa shape index (κ2) is 11.7. The van der Waals surface area contributed by atoms with E-state index < -0.39 is 5.92 Å². The summed E-state index contributed by atoms with van der Waals surface area (Å²) in [5.41, 5.74) is 5.08. The van der Waals surface area contributed by atoms with E-state index >= 15 is 0 Å². The maximum atomic E-state index is 14.1. The van der Waals surface area contributed by atoms with Crippen LogP contribution in [0.15, 0.2) is 65.0 Å². The van der Waals surface area contributed by atoms with Crippen molar-refractivity contribution in [3.63, 3.8) is 0 Å². The topological polar surface area (TPSA) is 55.8 Å². The molecule has 6 heteroatoms. The summed E-state index contributed by atoms with van der Waals surface area (Å²) in [7, 11) is 0. The molecule has 0 bridgehead atoms. The van der Waals surface area contributed by atoms with E-state index in [4.69, 9.17) is 27.5 Å². The van der Waals surface area contributed by atoms with E-state index in [0.717, 1.165) is 36.2 Å². The molecule has 5 nitrogen and oxygen atoms in total. The molecular weight excluding hydrogens is 546 g/mol. The van der Waals surface area contributed by atoms with Crippen LogP contribution in [0.5, 0.6) is 11.5 Å². The molecule has 0 fully saturated rings. The van der Waals surface area contributed by atoms with Crippen LogP contribution in [-0.4, -0.2) is 36.2 Å². The van der Waals surface area contributed by atoms with Gasteiger partial charge in [0.05, 0.1) is 11.6 Å². The molecule has 220 valence electrons. The van der Waals surface area contributed by atoms with Gasteiger partial charge in [-0.05, 0) is 60.3 Å². The van der Waals surface area contributed by atoms with Crippen molar-refractivity contribution in [2.24, 2.45) is 10.8 Å². The smallest absolute Gasteiger partial charge is 0.181 e. The number of hydrogen-bond acceptors (Lipinski definition) is 5. The van der Waals surface area contributed by atoms with Crippen molar-refractivity contribution in [3.8, 4) is 23.8 Å². The van der Waals surface area contributed by atoms with Gasteiger partial charge in [0.1, 0.15) is 6.61 Å². The first-order chi connectivity index (χ1) is 19.9. The molecule has 0 atom stereocenters. The molecule has 5 rings (SSSR count). The summed E-state index contributed by atoms with van der Waals surface area (Å²) >= 11 is 6.80. The molecule has 0 unspecified atom stereocenters. The Bertz CT molecular complexity index is 1450. The summed E-state index contributed by atoms with van der Waals surface area (Å²) in [6.07, 6.45) is 8.60. The predicted molar refractivity (Wildman–Crippen MR) is 167 cm³/mol. The van der Waals surface area contributed by atoms with Gasteiger partial charge in [0.25, 0.3) is 0 Å². The average Bonchev–Trinajstić information content (AvgIpc) is 2.90. The number of carbonyl (C=O) groups excluding carboxylic acids is 2. The number of terminal acetylenes is 1. The van der Waals surface area contributed by atoms with Crippen LogP contribution in [0.3, 0.4) is 0 Å². The van der Waals surface area contributed by atoms with Gasteiger partial charge < -0.3 is 14.4 Å². The molecule has 0 spiro atoms. The van der Waals surface area contributed by atoms with E-state index in [1.807, 2.05) is 37.3 Å². The summed E-state index contributed by atoms with van der Waals surface area (Å²) in [6.45, 7) is 11.6. The highest BCUT2D eigenvalue weighted by Crippen LogP contribution is 2.55. The molecule has 0 N–H and O–H groups in total. The highest BCUT2D eigenvalue weighted by Gasteiger charge is 2.49. The fourth-order valence-corrected chi connectivity index (χ4v) is 7.08. The van der Waals surface area contributed by atoms with E-state index in [-0.39, 0.29) is 29.0 Å². The van der Waals surface area contributed by atoms with Crippen LogP contribution in [0.2, 0.25) is 5.02 Å². The van der Waals surface area contributed by atoms with Crippen LogP contribution < -0.4 is 9.47 Å². The molecule has 2 aliphatic carbocycles. The van der Waals surface area contributed by atoms with Crippen molar-refractivity contribution in [3.05, 3.63) is 81.2 Å². The highest BCUT2D eigenvalue weighted by atomic mass is 35.5. The van der Waals surface area contributed by atoms with Gasteiger partial charge >= 0.3 is 0 Å². The number of nitrogens with zero attached hydrogens (tertiary/aromatic N) is 1. The lowest BCUT2D eigenvalue weighted by Gasteiger charge is -2.49. The second-order valence-corrected chi connectivity index (χ2v) is 13.6. The lowest BCUT2D eigenvalue weighted by atomic mass is 9.63. The summed E-state index contributed by atoms with van der Waals surface area (Å²) in [6, 6.07) is 14.1. The number of ketones is 2. The van der Waals surface area contributed by atoms with Crippen molar-refractivity contribution in [1.82, 2.24) is 4.90 Å². The third-order valence-corrected chi connectivity index (χ3v) is 8.73. The zero-order valence-electron chi connectivity index (χ0n) is 25.3. The van der Waals surface area contributed by atoms with Crippen LogP contribution in [-0.2, 0) is 16.0 Å². The number of ether oxygens (including phenoxy) is 2. The Morgan fingerprint density at radius 3 is 2.07 bits per heavy atom. The predicted octanol–water partition coefficient (Wildman–Crippen LogP) is 7.68. The van der Waals surface area contributed by atoms with Crippen LogP contribution >= 0.6 is 11.6 Å². The van der Waals surface area contributed by atoms with Gasteiger partial charge in [0, 0.05) is 47.8 Å². The van der Waals surface area contributed by atoms with Crippen molar-refractivity contribution < 1.29 is 19.1 Å². The zero-order chi connectivity index (χ0) is 30.2. The number of rotatable bonds is 8. The number of Topliss-reactive ketones (excluding diaryl/α,β-unsaturated/α-hetero) is 2. The maximum absolute atomic E-state index is 14.1. The van der Waals surface area contributed by atoms with Gasteiger partial charge in [-0.25, -0.2) is 0 Å². The first-order valence-electron chi connectivity index (χ1n) is 14.8. The monoisotopic (exact) mass is 585 g/mol. The van der Waals surface area contributed by atoms with Crippen LogP contribution in [0, 0.1) is 23.2 Å². The second-order valence-electron chi connectivity index (χ2n) is 13.2. The number of carbonyl (C=O) groups is 2. The fourth-order valence-electron chi connectivity index (χ4n) is 6.81. The Kier molecular flexibility index (Phi) is 8.32. The molecule has 0 radical (unpaired) electrons. The number of allylic oxidation sites excluding steroid dienone is 4. The third kappa shape index (κ3) is 5.88. The number of benzene rings is 2. The highest BCUT2D eigenvalue weighted by molar-refractivity contribution is 6.32. The fraction of sp³-hybridized carbons (Fsp3) is 0.444. The minimum atomic E-state index is -0.520. The molecule has 1 heterocycles. The molecular formula is C36H40ClNO4. The first kappa shape index (κ1) is 30.0. The van der Waals surface area contributed by atoms with Gasteiger partial charge in [0.2, 0.25) is 0 Å². The van der Waals surface area contributed by atoms with E-state index in [1.54, 1.807) is 0 Å². The molecule has 0 amide bonds. The van der Waals surface area contributed by atoms with Gasteiger partial charge in [0.15, 0.2) is 23.1 Å². The van der Waals surface area contributed by atoms with Crippen LogP contribution in [0.4, 0.5) is 0 Å². The maximum Gasteiger partial charge on any atom is 0.181 e. The standard InChI is InChI=1S/C36H40ClNO4/c1-7-16-42-34-25(37)17-24(18-30(34)41-8-2)31-32-26(19-35(3,4)21-28(32)39)38(15-14-23-12-10-9-11-13-23)27-20-36(5,6)22-29(40)33(27)31/h1,9-13,17-18,31H,8,14-16,19-22H2,2-6H3. The quantitative estimate of drug-likeness (QED) is 0.297. The van der Waals surface area contributed by atoms with Gasteiger partial charge in [-0.3, -0.25) is 9.59 Å². The van der Waals surface area contributed by atoms with Gasteiger partial charge in [-0.1, -0.05) is 75.5 Å². The molecule has 42 heavy (non-hydrogen) atoms. The lowest BCUT2D eigenvalue weighted by Crippen LogP contribution is -2.45. The number of hydrogen-bond donors (Lipinski definition) is 0. The molecule has 0 aromatic heterocycles. The van der Waals surface area contributed by atoms with Crippen molar-refractivity contribution in [2.45, 2.75) is 72.6 Å². The lowest BCUT2D eigenvalue weighted by molar-refractivity contribution is -0.119. The SMILES string of the molecule is C#CCOc1c(Cl)cc(C2C3=C(CC(C)(C)CC3=O)N(CCc3ccccc3)C3=C2C(=O)CC(C)(C)C3)cc1OCC. The molecule has 0 saturated heterocycles. The van der Waals surface area contributed by atoms with E-state index in [9.17, 15) is 9.59 Å². The minimum Gasteiger partial charge on any atom is -0.490 e. The Hall–Kier alpha value is -3.49. The first-order valence-corrected chi connectivity index (χ1v) is 15.2. The molecule has 1 aliphatic heterocycles. The Balaban J connectivity index is 1.72. The van der Waals surface area contributed by atoms with Crippen molar-refractivity contribution in [1.29, 1.82) is 0 Å². The molecule has 2 aromatic rings. The average molecular weight is 586 g/mol. The van der Waals surface area contributed by atoms with Crippen molar-refractivity contribution in [2.75, 3.05) is 19.8 Å². The Labute approximate surface area is 254 Å². The molecule has 3 aliphatic rings. The van der Waals surface area contributed by atoms with Crippen LogP contribution in [0.25, 0.3) is 0 Å². The molecule has 0 saturated carbocycles. The van der Waals surface area contributed by atoms with Crippen LogP contribution in [0.1, 0.15) is 77.3 Å². The van der Waals surface area contributed by atoms with Gasteiger partial charge in [-0.15, -0.1) is 6.42 Å². The van der Waals surface area contributed by atoms with E-state index in [0.29, 0.717) is 53.7 Å². The zero-order valence-corrected chi connectivity index (χ0v) is 26.1. The normalized spacial score (nSPS) is 19.8. The van der Waals surface area contributed by atoms with E-state index in [1.165, 1.54) is 5.56 Å². The number of halogens is 1. The summed E-state index contributed by atoms with van der Waals surface area (Å²) in [4.78, 5) is 30.6. The van der Waals surface area contributed by atoms with Crippen molar-refractivity contribution >= 4 is 23.2 Å². The van der Waals surface area contributed by atoms with Gasteiger partial charge in [-0.2, -0.15) is 0 Å². The third-order valence-electron chi connectivity index (χ3n) is 8.45. The molecule has 2 aromatic carbocycles. The minimum absolute atomic E-state index is 0.0463. The summed E-state index contributed by atoms with van der Waals surface area (Å²) in [5, 5.41) is 0.342. The largest absolute Gasteiger partial charge is 0.490 e. The van der Waals surface area contributed by atoms with E-state index in [2.05, 4.69) is 50.6 Å². The Morgan fingerprint density at radius 1 is 0.929 bits per heavy atom. The summed E-state index contributed by atoms with van der Waals surface area (Å²) in [5.74, 6) is 2.95. The summed E-state index contributed by atoms with van der Waals surface area (Å²) < 4.78 is 11.7.